The fourth-order valence-corrected chi connectivity index (χ4v) is 3.78. The Kier molecular flexibility index (Phi) is 8.01. The molecule has 11 heteroatoms. The van der Waals surface area contributed by atoms with Crippen LogP contribution in [0.5, 0.6) is 5.75 Å². The van der Waals surface area contributed by atoms with E-state index in [9.17, 15) is 20.0 Å². The van der Waals surface area contributed by atoms with Crippen molar-refractivity contribution in [2.24, 2.45) is 0 Å². The summed E-state index contributed by atoms with van der Waals surface area (Å²) in [5.74, 6) is 0.0556. The number of carboxylic acid groups (broad SMARTS) is 1. The molecule has 0 fully saturated rings. The second-order valence-electron chi connectivity index (χ2n) is 6.62. The number of carboxylic acids is 1. The molecule has 0 atom stereocenters. The molecule has 9 nitrogen and oxygen atoms in total. The van der Waals surface area contributed by atoms with Crippen LogP contribution in [0, 0.1) is 10.1 Å². The molecule has 0 spiro atoms. The van der Waals surface area contributed by atoms with Crippen LogP contribution < -0.4 is 4.74 Å². The minimum Gasteiger partial charge on any atom is -0.488 e. The van der Waals surface area contributed by atoms with Crippen LogP contribution in [0.25, 0.3) is 6.08 Å². The van der Waals surface area contributed by atoms with E-state index in [-0.39, 0.29) is 17.2 Å². The number of nitro benzene ring substituents is 1. The number of aromatic amines is 1. The molecule has 0 aliphatic carbocycles. The third kappa shape index (κ3) is 6.41. The molecule has 3 rings (SSSR count). The number of rotatable bonds is 10. The summed E-state index contributed by atoms with van der Waals surface area (Å²) < 4.78 is 6.62. The topological polar surface area (TPSA) is 131 Å². The van der Waals surface area contributed by atoms with Gasteiger partial charge in [0.2, 0.25) is 5.16 Å². The van der Waals surface area contributed by atoms with E-state index in [1.807, 2.05) is 6.92 Å². The van der Waals surface area contributed by atoms with Gasteiger partial charge in [-0.15, -0.1) is 5.10 Å². The minimum atomic E-state index is -1.11. The summed E-state index contributed by atoms with van der Waals surface area (Å²) in [5.41, 5.74) is 1.29. The van der Waals surface area contributed by atoms with Crippen LogP contribution in [0.3, 0.4) is 0 Å². The molecule has 0 unspecified atom stereocenters. The highest BCUT2D eigenvalue weighted by atomic mass is 79.9. The predicted octanol–water partition coefficient (Wildman–Crippen LogP) is 5.22. The SMILES string of the molecule is CCCc1nc(S/C(=C\c2cc(Br)ccc2OCc2ccc([N+](=O)[O-])cc2)C(=O)O)n[nH]1. The van der Waals surface area contributed by atoms with Gasteiger partial charge in [0.25, 0.3) is 5.69 Å². The number of benzene rings is 2. The largest absolute Gasteiger partial charge is 0.488 e. The molecule has 0 saturated carbocycles. The number of aliphatic carboxylic acids is 1. The van der Waals surface area contributed by atoms with E-state index in [1.165, 1.54) is 18.2 Å². The van der Waals surface area contributed by atoms with E-state index in [2.05, 4.69) is 31.1 Å². The normalized spacial score (nSPS) is 11.4. The van der Waals surface area contributed by atoms with Crippen LogP contribution in [-0.2, 0) is 17.8 Å². The molecule has 0 bridgehead atoms. The van der Waals surface area contributed by atoms with Gasteiger partial charge in [0, 0.05) is 28.6 Å². The molecule has 2 aromatic carbocycles. The molecule has 166 valence electrons. The summed E-state index contributed by atoms with van der Waals surface area (Å²) in [4.78, 5) is 26.5. The van der Waals surface area contributed by atoms with Crippen LogP contribution in [0.1, 0.15) is 30.3 Å². The molecule has 32 heavy (non-hydrogen) atoms. The molecule has 1 heterocycles. The summed E-state index contributed by atoms with van der Waals surface area (Å²) in [6.07, 6.45) is 3.12. The Bertz CT molecular complexity index is 1150. The van der Waals surface area contributed by atoms with Crippen LogP contribution in [-0.4, -0.2) is 31.2 Å². The third-order valence-corrected chi connectivity index (χ3v) is 5.58. The average molecular weight is 519 g/mol. The Morgan fingerprint density at radius 2 is 2.06 bits per heavy atom. The van der Waals surface area contributed by atoms with Crippen molar-refractivity contribution >= 4 is 45.4 Å². The van der Waals surface area contributed by atoms with Gasteiger partial charge in [-0.2, -0.15) is 0 Å². The highest BCUT2D eigenvalue weighted by molar-refractivity contribution is 9.10. The molecule has 0 aliphatic heterocycles. The monoisotopic (exact) mass is 518 g/mol. The number of thioether (sulfide) groups is 1. The maximum atomic E-state index is 11.8. The molecule has 1 aromatic heterocycles. The van der Waals surface area contributed by atoms with E-state index < -0.39 is 10.9 Å². The number of H-pyrrole nitrogens is 1. The Balaban J connectivity index is 1.81. The summed E-state index contributed by atoms with van der Waals surface area (Å²) in [5, 5.41) is 27.7. The lowest BCUT2D eigenvalue weighted by molar-refractivity contribution is -0.384. The molecule has 2 N–H and O–H groups in total. The first kappa shape index (κ1) is 23.5. The average Bonchev–Trinajstić information content (AvgIpc) is 3.20. The van der Waals surface area contributed by atoms with Crippen LogP contribution in [0.4, 0.5) is 5.69 Å². The molecular weight excluding hydrogens is 500 g/mol. The standard InChI is InChI=1S/C21H19BrN4O5S/c1-2-3-19-23-21(25-24-19)32-18(20(27)28)11-14-10-15(22)6-9-17(14)31-12-13-4-7-16(8-5-13)26(29)30/h4-11H,2-3,12H2,1H3,(H,27,28)(H,23,24,25)/b18-11-. The van der Waals surface area contributed by atoms with E-state index in [0.717, 1.165) is 34.6 Å². The molecule has 0 saturated heterocycles. The molecule has 0 radical (unpaired) electrons. The van der Waals surface area contributed by atoms with Crippen LogP contribution in [0.2, 0.25) is 0 Å². The maximum Gasteiger partial charge on any atom is 0.342 e. The fourth-order valence-electron chi connectivity index (χ4n) is 2.69. The van der Waals surface area contributed by atoms with Gasteiger partial charge in [-0.25, -0.2) is 9.78 Å². The van der Waals surface area contributed by atoms with Crippen LogP contribution >= 0.6 is 27.7 Å². The highest BCUT2D eigenvalue weighted by Crippen LogP contribution is 2.31. The number of hydrogen-bond donors (Lipinski definition) is 2. The first-order valence-corrected chi connectivity index (χ1v) is 11.2. The minimum absolute atomic E-state index is 0.00166. The number of nitrogens with one attached hydrogen (secondary N) is 1. The van der Waals surface area contributed by atoms with E-state index in [0.29, 0.717) is 22.3 Å². The zero-order chi connectivity index (χ0) is 23.1. The number of halogens is 1. The van der Waals surface area contributed by atoms with E-state index in [1.54, 1.807) is 30.3 Å². The van der Waals surface area contributed by atoms with Gasteiger partial charge >= 0.3 is 5.97 Å². The van der Waals surface area contributed by atoms with Gasteiger partial charge in [0.05, 0.1) is 4.92 Å². The van der Waals surface area contributed by atoms with Gasteiger partial charge in [-0.1, -0.05) is 22.9 Å². The Morgan fingerprint density at radius 3 is 2.72 bits per heavy atom. The Morgan fingerprint density at radius 1 is 1.31 bits per heavy atom. The third-order valence-electron chi connectivity index (χ3n) is 4.21. The van der Waals surface area contributed by atoms with Crippen molar-refractivity contribution < 1.29 is 19.6 Å². The summed E-state index contributed by atoms with van der Waals surface area (Å²) in [6.45, 7) is 2.18. The van der Waals surface area contributed by atoms with Gasteiger partial charge in [-0.3, -0.25) is 15.2 Å². The second-order valence-corrected chi connectivity index (χ2v) is 8.55. The van der Waals surface area contributed by atoms with Crippen molar-refractivity contribution in [3.63, 3.8) is 0 Å². The molecule has 0 amide bonds. The summed E-state index contributed by atoms with van der Waals surface area (Å²) >= 11 is 4.34. The van der Waals surface area contributed by atoms with Gasteiger partial charge in [0.1, 0.15) is 23.1 Å². The van der Waals surface area contributed by atoms with E-state index >= 15 is 0 Å². The van der Waals surface area contributed by atoms with Crippen molar-refractivity contribution in [1.82, 2.24) is 15.2 Å². The van der Waals surface area contributed by atoms with Crippen molar-refractivity contribution in [3.8, 4) is 5.75 Å². The number of nitro groups is 1. The van der Waals surface area contributed by atoms with Crippen LogP contribution in [0.15, 0.2) is 57.0 Å². The smallest absolute Gasteiger partial charge is 0.342 e. The summed E-state index contributed by atoms with van der Waals surface area (Å²) in [7, 11) is 0. The lowest BCUT2D eigenvalue weighted by Gasteiger charge is -2.11. The number of ether oxygens (including phenoxy) is 1. The predicted molar refractivity (Wildman–Crippen MR) is 123 cm³/mol. The first-order valence-electron chi connectivity index (χ1n) is 9.55. The van der Waals surface area contributed by atoms with Crippen molar-refractivity contribution in [1.29, 1.82) is 0 Å². The van der Waals surface area contributed by atoms with Gasteiger partial charge in [-0.05, 0) is 60.2 Å². The maximum absolute atomic E-state index is 11.8. The molecule has 3 aromatic rings. The summed E-state index contributed by atoms with van der Waals surface area (Å²) in [6, 6.07) is 11.3. The highest BCUT2D eigenvalue weighted by Gasteiger charge is 2.15. The zero-order valence-corrected chi connectivity index (χ0v) is 19.4. The van der Waals surface area contributed by atoms with Crippen molar-refractivity contribution in [2.45, 2.75) is 31.5 Å². The lowest BCUT2D eigenvalue weighted by Crippen LogP contribution is -2.00. The number of hydrogen-bond acceptors (Lipinski definition) is 7. The molecular formula is C21H19BrN4O5S. The zero-order valence-electron chi connectivity index (χ0n) is 16.9. The number of aryl methyl sites for hydroxylation is 1. The van der Waals surface area contributed by atoms with Crippen molar-refractivity contribution in [3.05, 3.63) is 78.9 Å². The van der Waals surface area contributed by atoms with Crippen molar-refractivity contribution in [2.75, 3.05) is 0 Å². The van der Waals surface area contributed by atoms with Gasteiger partial charge in [0.15, 0.2) is 0 Å². The fraction of sp³-hybridized carbons (Fsp3) is 0.190. The van der Waals surface area contributed by atoms with Gasteiger partial charge < -0.3 is 9.84 Å². The number of carbonyl (C=O) groups is 1. The lowest BCUT2D eigenvalue weighted by atomic mass is 10.2. The molecule has 0 aliphatic rings. The number of aromatic nitrogens is 3. The second kappa shape index (κ2) is 10.9. The Labute approximate surface area is 196 Å². The Hall–Kier alpha value is -3.18. The van der Waals surface area contributed by atoms with E-state index in [4.69, 9.17) is 4.74 Å². The number of nitrogens with zero attached hydrogens (tertiary/aromatic N) is 3. The quantitative estimate of drug-likeness (QED) is 0.161. The first-order chi connectivity index (χ1) is 15.4. The number of non-ortho nitro benzene ring substituents is 1.